The van der Waals surface area contributed by atoms with Gasteiger partial charge in [0.25, 0.3) is 0 Å². The van der Waals surface area contributed by atoms with Gasteiger partial charge in [0.1, 0.15) is 0 Å². The molecule has 1 amide bonds. The van der Waals surface area contributed by atoms with Crippen LogP contribution in [0, 0.1) is 0 Å². The molecule has 0 radical (unpaired) electrons. The molecule has 0 saturated carbocycles. The summed E-state index contributed by atoms with van der Waals surface area (Å²) in [5, 5.41) is 3.00. The van der Waals surface area contributed by atoms with Gasteiger partial charge in [-0.1, -0.05) is 37.3 Å². The van der Waals surface area contributed by atoms with Crippen LogP contribution < -0.4 is 11.1 Å². The topological polar surface area (TPSA) is 58.4 Å². The molecule has 1 aromatic rings. The van der Waals surface area contributed by atoms with Gasteiger partial charge in [0, 0.05) is 12.6 Å². The molecule has 22 heavy (non-hydrogen) atoms. The van der Waals surface area contributed by atoms with E-state index in [2.05, 4.69) is 17.1 Å². The van der Waals surface area contributed by atoms with Crippen LogP contribution in [0.25, 0.3) is 0 Å². The van der Waals surface area contributed by atoms with Crippen molar-refractivity contribution in [3.63, 3.8) is 0 Å². The summed E-state index contributed by atoms with van der Waals surface area (Å²) in [5.41, 5.74) is 7.08. The minimum atomic E-state index is -0.464. The molecule has 0 bridgehead atoms. The van der Waals surface area contributed by atoms with Crippen molar-refractivity contribution in [1.29, 1.82) is 0 Å². The maximum absolute atomic E-state index is 12.0. The second kappa shape index (κ2) is 10.8. The van der Waals surface area contributed by atoms with Gasteiger partial charge in [-0.25, -0.2) is 0 Å². The normalized spacial score (nSPS) is 18.9. The second-order valence-corrected chi connectivity index (χ2v) is 5.47. The average molecular weight is 348 g/mol. The van der Waals surface area contributed by atoms with E-state index in [-0.39, 0.29) is 30.7 Å². The van der Waals surface area contributed by atoms with Crippen molar-refractivity contribution < 1.29 is 4.79 Å². The van der Waals surface area contributed by atoms with Gasteiger partial charge in [0.05, 0.1) is 6.04 Å². The first-order chi connectivity index (χ1) is 9.70. The zero-order chi connectivity index (χ0) is 14.4. The Kier molecular flexibility index (Phi) is 10.4. The van der Waals surface area contributed by atoms with Crippen molar-refractivity contribution in [2.45, 2.75) is 38.3 Å². The van der Waals surface area contributed by atoms with E-state index in [1.54, 1.807) is 0 Å². The Balaban J connectivity index is 0.00000220. The number of nitrogens with one attached hydrogen (secondary N) is 1. The van der Waals surface area contributed by atoms with E-state index in [0.29, 0.717) is 12.5 Å². The molecule has 0 spiro atoms. The monoisotopic (exact) mass is 347 g/mol. The molecule has 2 atom stereocenters. The first-order valence-corrected chi connectivity index (χ1v) is 7.52. The van der Waals surface area contributed by atoms with Crippen molar-refractivity contribution in [3.8, 4) is 0 Å². The summed E-state index contributed by atoms with van der Waals surface area (Å²) in [6.45, 7) is 5.08. The number of nitrogens with two attached hydrogens (primary N) is 1. The van der Waals surface area contributed by atoms with Crippen molar-refractivity contribution in [1.82, 2.24) is 10.2 Å². The highest BCUT2D eigenvalue weighted by atomic mass is 35.5. The fourth-order valence-corrected chi connectivity index (χ4v) is 2.85. The van der Waals surface area contributed by atoms with Gasteiger partial charge < -0.3 is 11.1 Å². The summed E-state index contributed by atoms with van der Waals surface area (Å²) in [6, 6.07) is 9.93. The van der Waals surface area contributed by atoms with Crippen LogP contribution >= 0.6 is 24.8 Å². The van der Waals surface area contributed by atoms with E-state index >= 15 is 0 Å². The SMILES string of the molecule is CCN1CCCC1CNC(=O)[C@@H](N)Cc1ccccc1.Cl.Cl. The van der Waals surface area contributed by atoms with E-state index in [0.717, 1.165) is 25.2 Å². The Morgan fingerprint density at radius 3 is 2.68 bits per heavy atom. The molecule has 126 valence electrons. The third-order valence-electron chi connectivity index (χ3n) is 4.05. The van der Waals surface area contributed by atoms with Crippen LogP contribution in [-0.2, 0) is 11.2 Å². The predicted octanol–water partition coefficient (Wildman–Crippen LogP) is 2.00. The molecule has 3 N–H and O–H groups in total. The molecule has 1 heterocycles. The van der Waals surface area contributed by atoms with Crippen LogP contribution in [0.3, 0.4) is 0 Å². The Morgan fingerprint density at radius 2 is 2.05 bits per heavy atom. The summed E-state index contributed by atoms with van der Waals surface area (Å²) in [6.07, 6.45) is 2.99. The summed E-state index contributed by atoms with van der Waals surface area (Å²) < 4.78 is 0. The second-order valence-electron chi connectivity index (χ2n) is 5.47. The molecule has 1 aliphatic heterocycles. The van der Waals surface area contributed by atoms with Crippen LogP contribution in [0.5, 0.6) is 0 Å². The molecule has 6 heteroatoms. The predicted molar refractivity (Wildman–Crippen MR) is 95.9 cm³/mol. The van der Waals surface area contributed by atoms with Gasteiger partial charge >= 0.3 is 0 Å². The molecule has 1 saturated heterocycles. The van der Waals surface area contributed by atoms with Crippen LogP contribution in [0.1, 0.15) is 25.3 Å². The highest BCUT2D eigenvalue weighted by Gasteiger charge is 2.24. The molecule has 0 aliphatic carbocycles. The van der Waals surface area contributed by atoms with Crippen molar-refractivity contribution >= 4 is 30.7 Å². The van der Waals surface area contributed by atoms with Crippen molar-refractivity contribution in [2.24, 2.45) is 5.73 Å². The lowest BCUT2D eigenvalue weighted by Crippen LogP contribution is -2.47. The number of likely N-dealkylation sites (N-methyl/N-ethyl adjacent to an activating group) is 1. The minimum Gasteiger partial charge on any atom is -0.353 e. The number of amides is 1. The molecule has 2 rings (SSSR count). The molecule has 4 nitrogen and oxygen atoms in total. The van der Waals surface area contributed by atoms with Gasteiger partial charge in [-0.15, -0.1) is 24.8 Å². The molecule has 0 aromatic heterocycles. The number of likely N-dealkylation sites (tertiary alicyclic amines) is 1. The number of hydrogen-bond donors (Lipinski definition) is 2. The van der Waals surface area contributed by atoms with Crippen LogP contribution in [0.2, 0.25) is 0 Å². The van der Waals surface area contributed by atoms with Crippen molar-refractivity contribution in [3.05, 3.63) is 35.9 Å². The Labute approximate surface area is 145 Å². The number of carbonyl (C=O) groups excluding carboxylic acids is 1. The smallest absolute Gasteiger partial charge is 0.237 e. The lowest BCUT2D eigenvalue weighted by atomic mass is 10.1. The Morgan fingerprint density at radius 1 is 1.36 bits per heavy atom. The molecular formula is C16H27Cl2N3O. The van der Waals surface area contributed by atoms with Crippen LogP contribution in [0.15, 0.2) is 30.3 Å². The maximum atomic E-state index is 12.0. The highest BCUT2D eigenvalue weighted by molar-refractivity contribution is 5.85. The fourth-order valence-electron chi connectivity index (χ4n) is 2.85. The minimum absolute atomic E-state index is 0. The third kappa shape index (κ3) is 6.13. The largest absolute Gasteiger partial charge is 0.353 e. The molecular weight excluding hydrogens is 321 g/mol. The lowest BCUT2D eigenvalue weighted by molar-refractivity contribution is -0.122. The third-order valence-corrected chi connectivity index (χ3v) is 4.05. The number of nitrogens with zero attached hydrogens (tertiary/aromatic N) is 1. The van der Waals surface area contributed by atoms with Gasteiger partial charge in [-0.3, -0.25) is 9.69 Å². The van der Waals surface area contributed by atoms with E-state index in [1.807, 2.05) is 30.3 Å². The van der Waals surface area contributed by atoms with E-state index in [9.17, 15) is 4.79 Å². The number of hydrogen-bond acceptors (Lipinski definition) is 3. The van der Waals surface area contributed by atoms with Gasteiger partial charge in [0.2, 0.25) is 5.91 Å². The quantitative estimate of drug-likeness (QED) is 0.827. The lowest BCUT2D eigenvalue weighted by Gasteiger charge is -2.23. The standard InChI is InChI=1S/C16H25N3O.2ClH/c1-2-19-10-6-9-14(19)12-18-16(20)15(17)11-13-7-4-3-5-8-13;;/h3-5,7-8,14-15H,2,6,9-12,17H2,1H3,(H,18,20);2*1H/t14?,15-;;/m0../s1. The molecule has 1 unspecified atom stereocenters. The van der Waals surface area contributed by atoms with E-state index < -0.39 is 6.04 Å². The summed E-state index contributed by atoms with van der Waals surface area (Å²) in [7, 11) is 0. The average Bonchev–Trinajstić information content (AvgIpc) is 2.93. The van der Waals surface area contributed by atoms with E-state index in [1.165, 1.54) is 12.8 Å². The van der Waals surface area contributed by atoms with E-state index in [4.69, 9.17) is 5.73 Å². The number of rotatable bonds is 6. The summed E-state index contributed by atoms with van der Waals surface area (Å²) >= 11 is 0. The molecule has 1 aromatic carbocycles. The summed E-state index contributed by atoms with van der Waals surface area (Å²) in [4.78, 5) is 14.5. The molecule has 1 fully saturated rings. The number of carbonyl (C=O) groups is 1. The fraction of sp³-hybridized carbons (Fsp3) is 0.562. The first kappa shape index (κ1) is 21.2. The van der Waals surface area contributed by atoms with Crippen molar-refractivity contribution in [2.75, 3.05) is 19.6 Å². The van der Waals surface area contributed by atoms with Gasteiger partial charge in [0.15, 0.2) is 0 Å². The van der Waals surface area contributed by atoms with Gasteiger partial charge in [-0.2, -0.15) is 0 Å². The summed E-state index contributed by atoms with van der Waals surface area (Å²) in [5.74, 6) is -0.0446. The zero-order valence-corrected chi connectivity index (χ0v) is 14.7. The molecule has 1 aliphatic rings. The van der Waals surface area contributed by atoms with Crippen LogP contribution in [-0.4, -0.2) is 42.5 Å². The highest BCUT2D eigenvalue weighted by Crippen LogP contribution is 2.15. The Hall–Kier alpha value is -0.810. The number of halogens is 2. The van der Waals surface area contributed by atoms with Gasteiger partial charge in [-0.05, 0) is 37.9 Å². The first-order valence-electron chi connectivity index (χ1n) is 7.52. The Bertz CT molecular complexity index is 431. The van der Waals surface area contributed by atoms with Crippen LogP contribution in [0.4, 0.5) is 0 Å². The maximum Gasteiger partial charge on any atom is 0.237 e. The number of benzene rings is 1. The zero-order valence-electron chi connectivity index (χ0n) is 13.0.